The second kappa shape index (κ2) is 4.33. The van der Waals surface area contributed by atoms with Crippen LogP contribution in [0.4, 0.5) is 5.69 Å². The average molecular weight is 249 g/mol. The molecular weight excluding hydrogens is 234 g/mol. The molecule has 2 N–H and O–H groups in total. The van der Waals surface area contributed by atoms with Gasteiger partial charge in [0.1, 0.15) is 4.88 Å². The van der Waals surface area contributed by atoms with Gasteiger partial charge >= 0.3 is 0 Å². The van der Waals surface area contributed by atoms with Crippen molar-refractivity contribution in [1.29, 1.82) is 0 Å². The Morgan fingerprint density at radius 1 is 1.53 bits per heavy atom. The number of hydrogen-bond donors (Lipinski definition) is 1. The molecule has 0 radical (unpaired) electrons. The molecule has 2 rings (SSSR count). The van der Waals surface area contributed by atoms with Crippen LogP contribution in [0.3, 0.4) is 0 Å². The maximum Gasteiger partial charge on any atom is 0.266 e. The smallest absolute Gasteiger partial charge is 0.266 e. The van der Waals surface area contributed by atoms with Gasteiger partial charge in [0.05, 0.1) is 10.4 Å². The van der Waals surface area contributed by atoms with E-state index in [0.717, 1.165) is 10.1 Å². The van der Waals surface area contributed by atoms with E-state index in [4.69, 9.17) is 5.73 Å². The van der Waals surface area contributed by atoms with Gasteiger partial charge in [-0.1, -0.05) is 0 Å². The molecule has 1 amide bonds. The van der Waals surface area contributed by atoms with Crippen LogP contribution in [0.2, 0.25) is 0 Å². The van der Waals surface area contributed by atoms with Crippen LogP contribution in [0.1, 0.15) is 23.5 Å². The highest BCUT2D eigenvalue weighted by atomic mass is 32.1. The Bertz CT molecular complexity index is 562. The highest BCUT2D eigenvalue weighted by Gasteiger charge is 2.20. The quantitative estimate of drug-likeness (QED) is 0.888. The van der Waals surface area contributed by atoms with Crippen LogP contribution in [0.25, 0.3) is 10.1 Å². The van der Waals surface area contributed by atoms with Gasteiger partial charge in [0.2, 0.25) is 0 Å². The molecule has 5 heteroatoms. The summed E-state index contributed by atoms with van der Waals surface area (Å²) in [7, 11) is 1.79. The number of nitrogens with zero attached hydrogens (tertiary/aromatic N) is 2. The van der Waals surface area contributed by atoms with Crippen molar-refractivity contribution in [3.8, 4) is 0 Å². The first-order chi connectivity index (χ1) is 8.02. The van der Waals surface area contributed by atoms with Crippen molar-refractivity contribution in [3.63, 3.8) is 0 Å². The van der Waals surface area contributed by atoms with E-state index < -0.39 is 0 Å². The zero-order valence-electron chi connectivity index (χ0n) is 10.1. The molecule has 0 fully saturated rings. The van der Waals surface area contributed by atoms with Crippen LogP contribution < -0.4 is 5.73 Å². The summed E-state index contributed by atoms with van der Waals surface area (Å²) in [6.07, 6.45) is 3.42. The number of hydrogen-bond acceptors (Lipinski definition) is 4. The molecule has 90 valence electrons. The van der Waals surface area contributed by atoms with Gasteiger partial charge in [0, 0.05) is 30.9 Å². The number of amides is 1. The second-order valence-electron chi connectivity index (χ2n) is 4.23. The lowest BCUT2D eigenvalue weighted by molar-refractivity contribution is 0.0761. The minimum atomic E-state index is -0.0290. The van der Waals surface area contributed by atoms with Gasteiger partial charge in [0.15, 0.2) is 0 Å². The summed E-state index contributed by atoms with van der Waals surface area (Å²) in [6, 6.07) is 2.00. The largest absolute Gasteiger partial charge is 0.397 e. The third kappa shape index (κ3) is 1.98. The molecule has 17 heavy (non-hydrogen) atoms. The van der Waals surface area contributed by atoms with Crippen molar-refractivity contribution in [2.45, 2.75) is 19.9 Å². The van der Waals surface area contributed by atoms with E-state index in [2.05, 4.69) is 4.98 Å². The highest BCUT2D eigenvalue weighted by Crippen LogP contribution is 2.33. The molecule has 0 aliphatic rings. The highest BCUT2D eigenvalue weighted by molar-refractivity contribution is 7.21. The van der Waals surface area contributed by atoms with Crippen LogP contribution in [0.15, 0.2) is 18.5 Å². The van der Waals surface area contributed by atoms with Gasteiger partial charge in [-0.2, -0.15) is 0 Å². The number of aromatic nitrogens is 1. The van der Waals surface area contributed by atoms with E-state index in [1.54, 1.807) is 24.3 Å². The molecule has 0 unspecified atom stereocenters. The van der Waals surface area contributed by atoms with Crippen LogP contribution in [0.5, 0.6) is 0 Å². The SMILES string of the molecule is CC(C)N(C)C(=O)c1sc2cnccc2c1N. The molecular formula is C12H15N3OS. The van der Waals surface area contributed by atoms with E-state index in [0.29, 0.717) is 10.6 Å². The van der Waals surface area contributed by atoms with E-state index >= 15 is 0 Å². The third-order valence-corrected chi connectivity index (χ3v) is 3.96. The van der Waals surface area contributed by atoms with E-state index in [1.807, 2.05) is 19.9 Å². The predicted molar refractivity (Wildman–Crippen MR) is 71.3 cm³/mol. The van der Waals surface area contributed by atoms with Gasteiger partial charge < -0.3 is 10.6 Å². The molecule has 2 aromatic heterocycles. The molecule has 0 saturated carbocycles. The number of carbonyl (C=O) groups is 1. The maximum absolute atomic E-state index is 12.2. The minimum Gasteiger partial charge on any atom is -0.397 e. The predicted octanol–water partition coefficient (Wildman–Crippen LogP) is 2.36. The van der Waals surface area contributed by atoms with Crippen molar-refractivity contribution in [1.82, 2.24) is 9.88 Å². The average Bonchev–Trinajstić information content (AvgIpc) is 2.65. The van der Waals surface area contributed by atoms with Crippen molar-refractivity contribution in [3.05, 3.63) is 23.3 Å². The summed E-state index contributed by atoms with van der Waals surface area (Å²) in [6.45, 7) is 3.95. The third-order valence-electron chi connectivity index (χ3n) is 2.82. The van der Waals surface area contributed by atoms with E-state index in [1.165, 1.54) is 11.3 Å². The summed E-state index contributed by atoms with van der Waals surface area (Å²) in [5.41, 5.74) is 6.57. The number of nitrogens with two attached hydrogens (primary N) is 1. The molecule has 0 bridgehead atoms. The molecule has 0 saturated heterocycles. The number of fused-ring (bicyclic) bond motifs is 1. The Morgan fingerprint density at radius 3 is 2.82 bits per heavy atom. The fourth-order valence-corrected chi connectivity index (χ4v) is 2.60. The Morgan fingerprint density at radius 2 is 2.24 bits per heavy atom. The summed E-state index contributed by atoms with van der Waals surface area (Å²) in [4.78, 5) is 18.5. The summed E-state index contributed by atoms with van der Waals surface area (Å²) >= 11 is 1.40. The van der Waals surface area contributed by atoms with Crippen molar-refractivity contribution in [2.75, 3.05) is 12.8 Å². The monoisotopic (exact) mass is 249 g/mol. The standard InChI is InChI=1S/C12H15N3OS/c1-7(2)15(3)12(16)11-10(13)8-4-5-14-6-9(8)17-11/h4-7H,13H2,1-3H3. The summed E-state index contributed by atoms with van der Waals surface area (Å²) in [5.74, 6) is -0.0290. The van der Waals surface area contributed by atoms with Gasteiger partial charge in [0.25, 0.3) is 5.91 Å². The van der Waals surface area contributed by atoms with Crippen molar-refractivity contribution in [2.24, 2.45) is 0 Å². The number of pyridine rings is 1. The molecule has 4 nitrogen and oxygen atoms in total. The molecule has 0 spiro atoms. The second-order valence-corrected chi connectivity index (χ2v) is 5.28. The van der Waals surface area contributed by atoms with E-state index in [9.17, 15) is 4.79 Å². The number of carbonyl (C=O) groups excluding carboxylic acids is 1. The Kier molecular flexibility index (Phi) is 3.02. The topological polar surface area (TPSA) is 59.2 Å². The summed E-state index contributed by atoms with van der Waals surface area (Å²) < 4.78 is 0.950. The first-order valence-corrected chi connectivity index (χ1v) is 6.23. The number of anilines is 1. The molecule has 0 atom stereocenters. The molecule has 2 aromatic rings. The fourth-order valence-electron chi connectivity index (χ4n) is 1.52. The zero-order chi connectivity index (χ0) is 12.6. The first-order valence-electron chi connectivity index (χ1n) is 5.41. The van der Waals surface area contributed by atoms with Gasteiger partial charge in [-0.3, -0.25) is 9.78 Å². The number of thiophene rings is 1. The van der Waals surface area contributed by atoms with Gasteiger partial charge in [-0.05, 0) is 19.9 Å². The van der Waals surface area contributed by atoms with Crippen LogP contribution in [-0.4, -0.2) is 28.9 Å². The zero-order valence-corrected chi connectivity index (χ0v) is 10.9. The van der Waals surface area contributed by atoms with Gasteiger partial charge in [-0.15, -0.1) is 11.3 Å². The van der Waals surface area contributed by atoms with Gasteiger partial charge in [-0.25, -0.2) is 0 Å². The van der Waals surface area contributed by atoms with Crippen molar-refractivity contribution >= 4 is 33.0 Å². The number of nitrogen functional groups attached to an aromatic ring is 1. The van der Waals surface area contributed by atoms with E-state index in [-0.39, 0.29) is 11.9 Å². The molecule has 2 heterocycles. The Balaban J connectivity index is 2.49. The van der Waals surface area contributed by atoms with Crippen LogP contribution >= 0.6 is 11.3 Å². The Labute approximate surface area is 104 Å². The molecule has 0 aromatic carbocycles. The Hall–Kier alpha value is -1.62. The lowest BCUT2D eigenvalue weighted by atomic mass is 10.2. The lowest BCUT2D eigenvalue weighted by Gasteiger charge is -2.20. The van der Waals surface area contributed by atoms with Crippen LogP contribution in [0, 0.1) is 0 Å². The van der Waals surface area contributed by atoms with Crippen molar-refractivity contribution < 1.29 is 4.79 Å². The first kappa shape index (κ1) is 11.9. The normalized spacial score (nSPS) is 11.1. The minimum absolute atomic E-state index is 0.0290. The molecule has 0 aliphatic heterocycles. The number of rotatable bonds is 2. The summed E-state index contributed by atoms with van der Waals surface area (Å²) in [5, 5.41) is 0.908. The fraction of sp³-hybridized carbons (Fsp3) is 0.333. The van der Waals surface area contributed by atoms with Crippen LogP contribution in [-0.2, 0) is 0 Å². The lowest BCUT2D eigenvalue weighted by Crippen LogP contribution is -2.32. The maximum atomic E-state index is 12.2. The molecule has 0 aliphatic carbocycles.